The molecule has 0 heterocycles. The number of hydrogen-bond donors (Lipinski definition) is 2. The molecule has 3 nitrogen and oxygen atoms in total. The highest BCUT2D eigenvalue weighted by atomic mass is 35.5. The van der Waals surface area contributed by atoms with Crippen LogP contribution >= 0.6 is 23.4 Å². The minimum atomic E-state index is -0.351. The van der Waals surface area contributed by atoms with Crippen LogP contribution < -0.4 is 5.32 Å². The Hall–Kier alpha value is -0.260. The summed E-state index contributed by atoms with van der Waals surface area (Å²) in [4.78, 5) is 1.01. The maximum Gasteiger partial charge on any atom is 0.0631 e. The second-order valence-electron chi connectivity index (χ2n) is 4.50. The van der Waals surface area contributed by atoms with Crippen LogP contribution in [0.15, 0.2) is 23.1 Å². The van der Waals surface area contributed by atoms with E-state index < -0.39 is 0 Å². The van der Waals surface area contributed by atoms with Crippen molar-refractivity contribution in [2.24, 2.45) is 0 Å². The molecule has 0 saturated heterocycles. The normalized spacial score (nSPS) is 14.4. The number of benzene rings is 1. The number of ether oxygens (including phenoxy) is 1. The van der Waals surface area contributed by atoms with Gasteiger partial charge >= 0.3 is 0 Å². The highest BCUT2D eigenvalue weighted by Crippen LogP contribution is 2.32. The lowest BCUT2D eigenvalue weighted by Gasteiger charge is -2.15. The van der Waals surface area contributed by atoms with Gasteiger partial charge in [0.1, 0.15) is 0 Å². The maximum absolute atomic E-state index is 9.51. The summed E-state index contributed by atoms with van der Waals surface area (Å²) in [5.41, 5.74) is 1.15. The number of thioether (sulfide) groups is 1. The molecule has 0 saturated carbocycles. The minimum Gasteiger partial charge on any atom is -0.392 e. The van der Waals surface area contributed by atoms with Crippen LogP contribution in [0.5, 0.6) is 0 Å². The predicted octanol–water partition coefficient (Wildman–Crippen LogP) is 2.94. The number of methoxy groups -OCH3 is 1. The third-order valence-corrected chi connectivity index (χ3v) is 4.60. The molecule has 19 heavy (non-hydrogen) atoms. The molecule has 108 valence electrons. The first kappa shape index (κ1) is 16.8. The summed E-state index contributed by atoms with van der Waals surface area (Å²) in [5.74, 6) is 0. The Morgan fingerprint density at radius 2 is 2.16 bits per heavy atom. The Kier molecular flexibility index (Phi) is 7.80. The number of halogens is 1. The van der Waals surface area contributed by atoms with Gasteiger partial charge in [-0.25, -0.2) is 0 Å². The van der Waals surface area contributed by atoms with Gasteiger partial charge in [-0.2, -0.15) is 0 Å². The van der Waals surface area contributed by atoms with Gasteiger partial charge in [0.25, 0.3) is 0 Å². The van der Waals surface area contributed by atoms with Gasteiger partial charge in [0.2, 0.25) is 0 Å². The first-order valence-corrected chi connectivity index (χ1v) is 7.63. The van der Waals surface area contributed by atoms with Gasteiger partial charge in [-0.3, -0.25) is 0 Å². The van der Waals surface area contributed by atoms with E-state index in [-0.39, 0.29) is 11.4 Å². The number of aliphatic hydroxyl groups excluding tert-OH is 1. The van der Waals surface area contributed by atoms with Crippen LogP contribution in [0, 0.1) is 0 Å². The number of nitrogens with one attached hydrogen (secondary N) is 1. The number of aliphatic hydroxyl groups is 1. The van der Waals surface area contributed by atoms with Crippen molar-refractivity contribution in [3.05, 3.63) is 28.8 Å². The molecule has 0 aliphatic carbocycles. The van der Waals surface area contributed by atoms with Crippen LogP contribution in [0.4, 0.5) is 0 Å². The van der Waals surface area contributed by atoms with Crippen LogP contribution in [-0.4, -0.2) is 36.7 Å². The lowest BCUT2D eigenvalue weighted by Crippen LogP contribution is -2.18. The largest absolute Gasteiger partial charge is 0.392 e. The molecule has 0 fully saturated rings. The van der Waals surface area contributed by atoms with Crippen molar-refractivity contribution >= 4 is 23.4 Å². The summed E-state index contributed by atoms with van der Waals surface area (Å²) in [6.07, 6.45) is -0.351. The van der Waals surface area contributed by atoms with Gasteiger partial charge in [-0.05, 0) is 24.6 Å². The molecular weight excluding hydrogens is 282 g/mol. The van der Waals surface area contributed by atoms with Crippen molar-refractivity contribution in [1.82, 2.24) is 5.32 Å². The van der Waals surface area contributed by atoms with E-state index in [0.29, 0.717) is 6.61 Å². The lowest BCUT2D eigenvalue weighted by atomic mass is 10.2. The Balaban J connectivity index is 2.54. The third-order valence-electron chi connectivity index (χ3n) is 2.80. The van der Waals surface area contributed by atoms with Crippen LogP contribution in [0.3, 0.4) is 0 Å². The Morgan fingerprint density at radius 3 is 2.74 bits per heavy atom. The van der Waals surface area contributed by atoms with E-state index in [2.05, 4.69) is 11.4 Å². The fourth-order valence-corrected chi connectivity index (χ4v) is 2.71. The molecule has 1 rings (SSSR count). The van der Waals surface area contributed by atoms with Gasteiger partial charge in [-0.15, -0.1) is 11.8 Å². The van der Waals surface area contributed by atoms with E-state index in [9.17, 15) is 5.11 Å². The zero-order chi connectivity index (χ0) is 14.3. The van der Waals surface area contributed by atoms with Crippen molar-refractivity contribution in [3.63, 3.8) is 0 Å². The molecule has 0 aliphatic heterocycles. The second kappa shape index (κ2) is 8.82. The van der Waals surface area contributed by atoms with E-state index >= 15 is 0 Å². The molecular formula is C14H22ClNO2S. The van der Waals surface area contributed by atoms with Crippen molar-refractivity contribution < 1.29 is 9.84 Å². The monoisotopic (exact) mass is 303 g/mol. The standard InChI is InChI=1S/C14H22ClNO2S/c1-10(17)11(2)19-14-5-4-12(8-13(14)15)9-16-6-7-18-3/h4-5,8,10-11,16-17H,6-7,9H2,1-3H3. The molecule has 0 aromatic heterocycles. The maximum atomic E-state index is 9.51. The van der Waals surface area contributed by atoms with Crippen molar-refractivity contribution in [1.29, 1.82) is 0 Å². The topological polar surface area (TPSA) is 41.5 Å². The highest BCUT2D eigenvalue weighted by molar-refractivity contribution is 8.00. The SMILES string of the molecule is COCCNCc1ccc(SC(C)C(C)O)c(Cl)c1. The summed E-state index contributed by atoms with van der Waals surface area (Å²) in [7, 11) is 1.69. The van der Waals surface area contributed by atoms with Gasteiger partial charge < -0.3 is 15.2 Å². The van der Waals surface area contributed by atoms with Crippen LogP contribution in [0.2, 0.25) is 5.02 Å². The molecule has 0 bridgehead atoms. The van der Waals surface area contributed by atoms with Crippen molar-refractivity contribution in [2.75, 3.05) is 20.3 Å². The van der Waals surface area contributed by atoms with E-state index in [1.807, 2.05) is 19.1 Å². The van der Waals surface area contributed by atoms with E-state index in [0.717, 1.165) is 28.6 Å². The van der Waals surface area contributed by atoms with Gasteiger partial charge in [-0.1, -0.05) is 24.6 Å². The summed E-state index contributed by atoms with van der Waals surface area (Å²) in [5, 5.41) is 13.7. The quantitative estimate of drug-likeness (QED) is 0.572. The molecule has 1 aromatic carbocycles. The number of rotatable bonds is 8. The van der Waals surface area contributed by atoms with E-state index in [1.165, 1.54) is 0 Å². The van der Waals surface area contributed by atoms with E-state index in [4.69, 9.17) is 16.3 Å². The van der Waals surface area contributed by atoms with Crippen LogP contribution in [0.1, 0.15) is 19.4 Å². The van der Waals surface area contributed by atoms with Crippen molar-refractivity contribution in [3.8, 4) is 0 Å². The summed E-state index contributed by atoms with van der Waals surface area (Å²) in [6.45, 7) is 6.09. The summed E-state index contributed by atoms with van der Waals surface area (Å²) in [6, 6.07) is 6.04. The predicted molar refractivity (Wildman–Crippen MR) is 82.0 cm³/mol. The molecule has 0 spiro atoms. The average Bonchev–Trinajstić information content (AvgIpc) is 2.37. The molecule has 2 N–H and O–H groups in total. The first-order chi connectivity index (χ1) is 9.04. The third kappa shape index (κ3) is 6.15. The zero-order valence-electron chi connectivity index (χ0n) is 11.6. The molecule has 1 aromatic rings. The van der Waals surface area contributed by atoms with Gasteiger partial charge in [0.05, 0.1) is 17.7 Å². The highest BCUT2D eigenvalue weighted by Gasteiger charge is 2.12. The van der Waals surface area contributed by atoms with Crippen LogP contribution in [0.25, 0.3) is 0 Å². The second-order valence-corrected chi connectivity index (χ2v) is 6.32. The molecule has 0 radical (unpaired) electrons. The average molecular weight is 304 g/mol. The molecule has 2 atom stereocenters. The minimum absolute atomic E-state index is 0.128. The zero-order valence-corrected chi connectivity index (χ0v) is 13.2. The smallest absolute Gasteiger partial charge is 0.0631 e. The van der Waals surface area contributed by atoms with Crippen LogP contribution in [-0.2, 0) is 11.3 Å². The lowest BCUT2D eigenvalue weighted by molar-refractivity contribution is 0.196. The van der Waals surface area contributed by atoms with Gasteiger partial charge in [0.15, 0.2) is 0 Å². The Labute approximate surface area is 124 Å². The molecule has 0 amide bonds. The van der Waals surface area contributed by atoms with Gasteiger partial charge in [0, 0.05) is 30.3 Å². The first-order valence-electron chi connectivity index (χ1n) is 6.37. The van der Waals surface area contributed by atoms with E-state index in [1.54, 1.807) is 25.8 Å². The fourth-order valence-electron chi connectivity index (χ4n) is 1.46. The molecule has 0 aliphatic rings. The summed E-state index contributed by atoms with van der Waals surface area (Å²) < 4.78 is 4.97. The number of hydrogen-bond acceptors (Lipinski definition) is 4. The fraction of sp³-hybridized carbons (Fsp3) is 0.571. The Bertz CT molecular complexity index is 388. The Morgan fingerprint density at radius 1 is 1.42 bits per heavy atom. The summed E-state index contributed by atoms with van der Waals surface area (Å²) >= 11 is 7.86. The van der Waals surface area contributed by atoms with Crippen molar-refractivity contribution in [2.45, 2.75) is 36.6 Å². The molecule has 5 heteroatoms. The molecule has 2 unspecified atom stereocenters.